The maximum absolute atomic E-state index is 12.9. The van der Waals surface area contributed by atoms with Crippen molar-refractivity contribution in [1.29, 1.82) is 0 Å². The normalized spacial score (nSPS) is 10.3. The number of hydrogen-bond acceptors (Lipinski definition) is 4. The number of nitrogens with two attached hydrogens (primary N) is 1. The Morgan fingerprint density at radius 1 is 1.06 bits per heavy atom. The van der Waals surface area contributed by atoms with E-state index in [-0.39, 0.29) is 0 Å². The third kappa shape index (κ3) is 3.38. The summed E-state index contributed by atoms with van der Waals surface area (Å²) in [6.45, 7) is 0.479. The van der Waals surface area contributed by atoms with Crippen molar-refractivity contribution in [3.05, 3.63) is 47.8 Å². The Balaban J connectivity index is 1.90. The molecular weight excluding hydrogens is 238 g/mol. The second-order valence-corrected chi connectivity index (χ2v) is 3.79. The molecule has 0 unspecified atom stereocenters. The van der Waals surface area contributed by atoms with Gasteiger partial charge in [0.25, 0.3) is 0 Å². The molecule has 6 heteroatoms. The van der Waals surface area contributed by atoms with Crippen molar-refractivity contribution in [2.45, 2.75) is 6.42 Å². The molecule has 0 aliphatic carbocycles. The van der Waals surface area contributed by atoms with Crippen LogP contribution in [0, 0.1) is 11.6 Å². The first-order valence-electron chi connectivity index (χ1n) is 5.40. The van der Waals surface area contributed by atoms with E-state index in [0.717, 1.165) is 6.07 Å². The fraction of sp³-hybridized carbons (Fsp3) is 0.167. The summed E-state index contributed by atoms with van der Waals surface area (Å²) in [6.07, 6.45) is 3.44. The average molecular weight is 250 g/mol. The second-order valence-electron chi connectivity index (χ2n) is 3.79. The van der Waals surface area contributed by atoms with Gasteiger partial charge >= 0.3 is 0 Å². The molecule has 0 saturated carbocycles. The SMILES string of the molecule is Nc1cnc(NCCc2cc(F)cc(F)c2)nc1. The van der Waals surface area contributed by atoms with Crippen LogP contribution in [-0.2, 0) is 6.42 Å². The molecule has 0 radical (unpaired) electrons. The van der Waals surface area contributed by atoms with Gasteiger partial charge in [0.2, 0.25) is 5.95 Å². The van der Waals surface area contributed by atoms with E-state index in [1.54, 1.807) is 0 Å². The van der Waals surface area contributed by atoms with Crippen molar-refractivity contribution >= 4 is 11.6 Å². The van der Waals surface area contributed by atoms with Gasteiger partial charge in [-0.3, -0.25) is 0 Å². The summed E-state index contributed by atoms with van der Waals surface area (Å²) in [4.78, 5) is 7.90. The van der Waals surface area contributed by atoms with Gasteiger partial charge < -0.3 is 11.1 Å². The van der Waals surface area contributed by atoms with Crippen molar-refractivity contribution in [1.82, 2.24) is 9.97 Å². The molecule has 1 aromatic heterocycles. The first-order chi connectivity index (χ1) is 8.63. The highest BCUT2D eigenvalue weighted by Crippen LogP contribution is 2.09. The number of anilines is 2. The number of aromatic nitrogens is 2. The van der Waals surface area contributed by atoms with Crippen molar-refractivity contribution in [2.75, 3.05) is 17.6 Å². The second kappa shape index (κ2) is 5.39. The number of nitrogen functional groups attached to an aromatic ring is 1. The maximum atomic E-state index is 12.9. The van der Waals surface area contributed by atoms with Gasteiger partial charge in [0.15, 0.2) is 0 Å². The summed E-state index contributed by atoms with van der Waals surface area (Å²) >= 11 is 0. The van der Waals surface area contributed by atoms with Crippen molar-refractivity contribution in [3.8, 4) is 0 Å². The Morgan fingerprint density at radius 3 is 2.28 bits per heavy atom. The summed E-state index contributed by atoms with van der Waals surface area (Å²) in [5.41, 5.74) is 6.50. The number of nitrogens with one attached hydrogen (secondary N) is 1. The molecule has 0 bridgehead atoms. The maximum Gasteiger partial charge on any atom is 0.222 e. The highest BCUT2D eigenvalue weighted by molar-refractivity contribution is 5.36. The molecule has 18 heavy (non-hydrogen) atoms. The van der Waals surface area contributed by atoms with Crippen LogP contribution in [-0.4, -0.2) is 16.5 Å². The summed E-state index contributed by atoms with van der Waals surface area (Å²) in [5, 5.41) is 2.94. The van der Waals surface area contributed by atoms with Gasteiger partial charge in [-0.2, -0.15) is 0 Å². The van der Waals surface area contributed by atoms with Gasteiger partial charge in [-0.25, -0.2) is 18.7 Å². The van der Waals surface area contributed by atoms with Crippen LogP contribution >= 0.6 is 0 Å². The fourth-order valence-corrected chi connectivity index (χ4v) is 1.50. The molecule has 0 spiro atoms. The molecule has 0 aliphatic rings. The average Bonchev–Trinajstić information content (AvgIpc) is 2.30. The van der Waals surface area contributed by atoms with Gasteiger partial charge in [-0.1, -0.05) is 0 Å². The smallest absolute Gasteiger partial charge is 0.222 e. The van der Waals surface area contributed by atoms with Crippen molar-refractivity contribution in [3.63, 3.8) is 0 Å². The van der Waals surface area contributed by atoms with Gasteiger partial charge in [-0.05, 0) is 24.1 Å². The predicted octanol–water partition coefficient (Wildman–Crippen LogP) is 1.99. The first kappa shape index (κ1) is 12.2. The first-order valence-corrected chi connectivity index (χ1v) is 5.40. The zero-order valence-electron chi connectivity index (χ0n) is 9.53. The molecule has 4 nitrogen and oxygen atoms in total. The molecule has 0 saturated heterocycles. The van der Waals surface area contributed by atoms with Gasteiger partial charge in [0, 0.05) is 12.6 Å². The van der Waals surface area contributed by atoms with Crippen LogP contribution in [0.2, 0.25) is 0 Å². The molecular formula is C12H12F2N4. The Bertz CT molecular complexity index is 508. The van der Waals surface area contributed by atoms with Crippen LogP contribution in [0.3, 0.4) is 0 Å². The number of hydrogen-bond donors (Lipinski definition) is 2. The monoisotopic (exact) mass is 250 g/mol. The third-order valence-electron chi connectivity index (χ3n) is 2.29. The number of nitrogens with zero attached hydrogens (tertiary/aromatic N) is 2. The molecule has 0 atom stereocenters. The van der Waals surface area contributed by atoms with Crippen LogP contribution in [0.1, 0.15) is 5.56 Å². The van der Waals surface area contributed by atoms with Crippen LogP contribution in [0.5, 0.6) is 0 Å². The number of halogens is 2. The number of rotatable bonds is 4. The van der Waals surface area contributed by atoms with Crippen molar-refractivity contribution in [2.24, 2.45) is 0 Å². The zero-order chi connectivity index (χ0) is 13.0. The molecule has 0 aliphatic heterocycles. The lowest BCUT2D eigenvalue weighted by atomic mass is 10.1. The predicted molar refractivity (Wildman–Crippen MR) is 65.0 cm³/mol. The van der Waals surface area contributed by atoms with E-state index >= 15 is 0 Å². The summed E-state index contributed by atoms with van der Waals surface area (Å²) in [5.74, 6) is -0.719. The van der Waals surface area contributed by atoms with E-state index in [1.807, 2.05) is 0 Å². The summed E-state index contributed by atoms with van der Waals surface area (Å²) in [7, 11) is 0. The Kier molecular flexibility index (Phi) is 3.66. The van der Waals surface area contributed by atoms with Crippen LogP contribution in [0.15, 0.2) is 30.6 Å². The molecule has 0 amide bonds. The van der Waals surface area contributed by atoms with E-state index < -0.39 is 11.6 Å². The van der Waals surface area contributed by atoms with Crippen LogP contribution in [0.25, 0.3) is 0 Å². The molecule has 2 rings (SSSR count). The van der Waals surface area contributed by atoms with Crippen molar-refractivity contribution < 1.29 is 8.78 Å². The van der Waals surface area contributed by atoms with E-state index in [9.17, 15) is 8.78 Å². The minimum atomic E-state index is -0.575. The Morgan fingerprint density at radius 2 is 1.67 bits per heavy atom. The lowest BCUT2D eigenvalue weighted by Crippen LogP contribution is -2.08. The largest absolute Gasteiger partial charge is 0.396 e. The van der Waals surface area contributed by atoms with Crippen LogP contribution in [0.4, 0.5) is 20.4 Å². The molecule has 0 fully saturated rings. The highest BCUT2D eigenvalue weighted by atomic mass is 19.1. The standard InChI is InChI=1S/C12H12F2N4/c13-9-3-8(4-10(14)5-9)1-2-16-12-17-6-11(15)7-18-12/h3-7H,1-2,15H2,(H,16,17,18). The minimum Gasteiger partial charge on any atom is -0.396 e. The van der Waals surface area contributed by atoms with Gasteiger partial charge in [0.05, 0.1) is 18.1 Å². The fourth-order valence-electron chi connectivity index (χ4n) is 1.50. The molecule has 2 aromatic rings. The quantitative estimate of drug-likeness (QED) is 0.871. The number of benzene rings is 1. The minimum absolute atomic E-state index is 0.432. The van der Waals surface area contributed by atoms with Gasteiger partial charge in [0.1, 0.15) is 11.6 Å². The summed E-state index contributed by atoms with van der Waals surface area (Å²) < 4.78 is 25.8. The molecule has 3 N–H and O–H groups in total. The zero-order valence-corrected chi connectivity index (χ0v) is 9.53. The highest BCUT2D eigenvalue weighted by Gasteiger charge is 2.01. The van der Waals surface area contributed by atoms with E-state index in [2.05, 4.69) is 15.3 Å². The lowest BCUT2D eigenvalue weighted by Gasteiger charge is -2.05. The lowest BCUT2D eigenvalue weighted by molar-refractivity contribution is 0.580. The van der Waals surface area contributed by atoms with Gasteiger partial charge in [-0.15, -0.1) is 0 Å². The van der Waals surface area contributed by atoms with E-state index in [4.69, 9.17) is 5.73 Å². The molecule has 1 heterocycles. The topological polar surface area (TPSA) is 63.8 Å². The molecule has 1 aromatic carbocycles. The van der Waals surface area contributed by atoms with Crippen LogP contribution < -0.4 is 11.1 Å². The van der Waals surface area contributed by atoms with E-state index in [0.29, 0.717) is 30.2 Å². The Labute approximate surface area is 103 Å². The van der Waals surface area contributed by atoms with E-state index in [1.165, 1.54) is 24.5 Å². The third-order valence-corrected chi connectivity index (χ3v) is 2.29. The summed E-state index contributed by atoms with van der Waals surface area (Å²) in [6, 6.07) is 3.45. The Hall–Kier alpha value is -2.24. The molecule has 94 valence electrons.